The smallest absolute Gasteiger partial charge is 0.316 e. The number of carboxylic acid groups (broad SMARTS) is 1. The van der Waals surface area contributed by atoms with Crippen molar-refractivity contribution in [3.63, 3.8) is 0 Å². The monoisotopic (exact) mass is 276 g/mol. The third-order valence-corrected chi connectivity index (χ3v) is 3.05. The van der Waals surface area contributed by atoms with Gasteiger partial charge in [-0.1, -0.05) is 0 Å². The predicted octanol–water partition coefficient (Wildman–Crippen LogP) is -0.631. The quantitative estimate of drug-likeness (QED) is 0.541. The van der Waals surface area contributed by atoms with E-state index >= 15 is 0 Å². The minimum atomic E-state index is -1.12. The molecule has 0 aliphatic carbocycles. The van der Waals surface area contributed by atoms with Crippen molar-refractivity contribution < 1.29 is 14.8 Å². The number of fused-ring (bicyclic) bond motifs is 1. The highest BCUT2D eigenvalue weighted by atomic mass is 16.6. The molecule has 1 N–H and O–H groups in total. The van der Waals surface area contributed by atoms with Crippen LogP contribution in [0.1, 0.15) is 0 Å². The number of carbonyl (C=O) groups is 1. The number of nitrogens with zero attached hydrogens (tertiary/aromatic N) is 6. The Bertz CT molecular complexity index is 634. The van der Waals surface area contributed by atoms with Crippen LogP contribution in [0.3, 0.4) is 0 Å². The Morgan fingerprint density at radius 1 is 1.45 bits per heavy atom. The molecule has 0 saturated heterocycles. The van der Waals surface area contributed by atoms with Gasteiger partial charge in [0.05, 0.1) is 0 Å². The maximum absolute atomic E-state index is 11.0. The summed E-state index contributed by atoms with van der Waals surface area (Å²) in [4.78, 5) is 25.4. The van der Waals surface area contributed by atoms with Gasteiger partial charge in [-0.3, -0.25) is 19.9 Å². The van der Waals surface area contributed by atoms with E-state index in [1.54, 1.807) is 0 Å². The fourth-order valence-electron chi connectivity index (χ4n) is 2.06. The Morgan fingerprint density at radius 2 is 2.25 bits per heavy atom. The maximum Gasteiger partial charge on any atom is 0.316 e. The van der Waals surface area contributed by atoms with Crippen LogP contribution < -0.4 is 0 Å². The van der Waals surface area contributed by atoms with Crippen LogP contribution in [0.2, 0.25) is 0 Å². The normalized spacial score (nSPS) is 30.2. The summed E-state index contributed by atoms with van der Waals surface area (Å²) in [6.07, 6.45) is 4.61. The van der Waals surface area contributed by atoms with Gasteiger partial charge < -0.3 is 5.11 Å². The molecule has 0 saturated carbocycles. The predicted molar refractivity (Wildman–Crippen MR) is 68.5 cm³/mol. The topological polar surface area (TPSA) is 133 Å². The Labute approximate surface area is 111 Å². The van der Waals surface area contributed by atoms with E-state index in [2.05, 4.69) is 20.3 Å². The summed E-state index contributed by atoms with van der Waals surface area (Å²) in [7, 11) is 0. The summed E-state index contributed by atoms with van der Waals surface area (Å²) in [5.74, 6) is -1.86. The Kier molecular flexibility index (Phi) is 2.63. The fraction of sp³-hybridized carbons (Fsp3) is 0.300. The van der Waals surface area contributed by atoms with Crippen LogP contribution >= 0.6 is 0 Å². The van der Waals surface area contributed by atoms with Crippen molar-refractivity contribution in [1.82, 2.24) is 5.01 Å². The highest BCUT2D eigenvalue weighted by molar-refractivity contribution is 6.24. The van der Waals surface area contributed by atoms with Crippen molar-refractivity contribution in [2.45, 2.75) is 12.2 Å². The SMILES string of the molecule is O=C(O)[C@@H]1C=NN2C=C(C3=NN=C[C@@H]3[N+](=O)[O-])C=N[C@@H]12. The van der Waals surface area contributed by atoms with Crippen LogP contribution in [0.4, 0.5) is 0 Å². The molecule has 102 valence electrons. The van der Waals surface area contributed by atoms with E-state index < -0.39 is 29.0 Å². The van der Waals surface area contributed by atoms with E-state index in [-0.39, 0.29) is 5.71 Å². The minimum Gasteiger partial charge on any atom is -0.481 e. The van der Waals surface area contributed by atoms with Crippen LogP contribution in [0.15, 0.2) is 32.1 Å². The van der Waals surface area contributed by atoms with Gasteiger partial charge in [0.1, 0.15) is 12.1 Å². The van der Waals surface area contributed by atoms with Gasteiger partial charge in [-0.15, -0.1) is 5.10 Å². The Morgan fingerprint density at radius 3 is 2.95 bits per heavy atom. The first-order chi connectivity index (χ1) is 9.58. The number of carboxylic acids is 1. The van der Waals surface area contributed by atoms with Gasteiger partial charge in [0.15, 0.2) is 11.9 Å². The number of hydrazone groups is 1. The molecular formula is C10H8N6O4. The van der Waals surface area contributed by atoms with Crippen molar-refractivity contribution in [2.75, 3.05) is 0 Å². The lowest BCUT2D eigenvalue weighted by molar-refractivity contribution is -0.482. The van der Waals surface area contributed by atoms with Crippen LogP contribution in [0.25, 0.3) is 0 Å². The molecule has 0 unspecified atom stereocenters. The molecule has 0 aromatic heterocycles. The second-order valence-corrected chi connectivity index (χ2v) is 4.26. The molecule has 0 spiro atoms. The van der Waals surface area contributed by atoms with Gasteiger partial charge in [-0.2, -0.15) is 10.2 Å². The number of hydrogen-bond acceptors (Lipinski definition) is 8. The lowest BCUT2D eigenvalue weighted by Gasteiger charge is -2.23. The molecule has 3 heterocycles. The zero-order valence-electron chi connectivity index (χ0n) is 9.90. The summed E-state index contributed by atoms with van der Waals surface area (Å²) in [6.45, 7) is 0. The molecule has 0 aromatic rings. The molecule has 3 aliphatic rings. The molecular weight excluding hydrogens is 268 g/mol. The number of rotatable bonds is 3. The largest absolute Gasteiger partial charge is 0.481 e. The molecule has 0 amide bonds. The number of aliphatic carboxylic acids is 1. The van der Waals surface area contributed by atoms with Crippen molar-refractivity contribution in [2.24, 2.45) is 26.2 Å². The summed E-state index contributed by atoms with van der Waals surface area (Å²) >= 11 is 0. The summed E-state index contributed by atoms with van der Waals surface area (Å²) in [6, 6.07) is -1.12. The molecule has 0 aromatic carbocycles. The van der Waals surface area contributed by atoms with E-state index in [0.29, 0.717) is 5.57 Å². The summed E-state index contributed by atoms with van der Waals surface area (Å²) < 4.78 is 0. The van der Waals surface area contributed by atoms with Crippen LogP contribution in [0.5, 0.6) is 0 Å². The highest BCUT2D eigenvalue weighted by Gasteiger charge is 2.39. The number of nitro groups is 1. The summed E-state index contributed by atoms with van der Waals surface area (Å²) in [5, 5.41) is 32.4. The van der Waals surface area contributed by atoms with E-state index in [4.69, 9.17) is 5.11 Å². The molecule has 0 radical (unpaired) electrons. The second-order valence-electron chi connectivity index (χ2n) is 4.26. The van der Waals surface area contributed by atoms with Crippen molar-refractivity contribution in [3.8, 4) is 0 Å². The zero-order chi connectivity index (χ0) is 14.3. The Hall–Kier alpha value is -2.91. The minimum absolute atomic E-state index is 0.158. The van der Waals surface area contributed by atoms with E-state index in [9.17, 15) is 14.9 Å². The third-order valence-electron chi connectivity index (χ3n) is 3.05. The van der Waals surface area contributed by atoms with Gasteiger partial charge in [0, 0.05) is 29.1 Å². The molecule has 10 heteroatoms. The maximum atomic E-state index is 11.0. The van der Waals surface area contributed by atoms with Gasteiger partial charge in [0.25, 0.3) is 6.04 Å². The van der Waals surface area contributed by atoms with Crippen molar-refractivity contribution >= 4 is 30.3 Å². The van der Waals surface area contributed by atoms with E-state index in [1.165, 1.54) is 23.6 Å². The molecule has 3 aliphatic heterocycles. The number of aliphatic imine (C=N–C) groups is 1. The molecule has 20 heavy (non-hydrogen) atoms. The zero-order valence-corrected chi connectivity index (χ0v) is 9.90. The standard InChI is InChI=1S/C10H8N6O4/c17-10(18)6-2-13-15-4-5(1-11-9(6)15)8-7(16(19)20)3-12-14-8/h1-4,6-7,9H,(H,17,18)/t6-,7+,9-/m1/s1. The van der Waals surface area contributed by atoms with Gasteiger partial charge >= 0.3 is 5.97 Å². The molecule has 3 atom stereocenters. The average molecular weight is 276 g/mol. The third kappa shape index (κ3) is 1.77. The van der Waals surface area contributed by atoms with E-state index in [0.717, 1.165) is 6.21 Å². The summed E-state index contributed by atoms with van der Waals surface area (Å²) in [5.41, 5.74) is 0.551. The highest BCUT2D eigenvalue weighted by Crippen LogP contribution is 2.24. The van der Waals surface area contributed by atoms with E-state index in [1.807, 2.05) is 0 Å². The lowest BCUT2D eigenvalue weighted by Crippen LogP contribution is -2.37. The van der Waals surface area contributed by atoms with Gasteiger partial charge in [0.2, 0.25) is 0 Å². The van der Waals surface area contributed by atoms with Gasteiger partial charge in [-0.25, -0.2) is 5.01 Å². The van der Waals surface area contributed by atoms with Crippen LogP contribution in [-0.4, -0.2) is 57.6 Å². The molecule has 0 fully saturated rings. The first kappa shape index (κ1) is 12.1. The van der Waals surface area contributed by atoms with Crippen LogP contribution in [0, 0.1) is 16.0 Å². The van der Waals surface area contributed by atoms with Crippen molar-refractivity contribution in [1.29, 1.82) is 0 Å². The number of hydrogen-bond donors (Lipinski definition) is 1. The molecule has 10 nitrogen and oxygen atoms in total. The molecule has 3 rings (SSSR count). The van der Waals surface area contributed by atoms with Crippen molar-refractivity contribution in [3.05, 3.63) is 21.9 Å². The Balaban J connectivity index is 1.85. The first-order valence-electron chi connectivity index (χ1n) is 5.63. The van der Waals surface area contributed by atoms with Gasteiger partial charge in [-0.05, 0) is 0 Å². The second kappa shape index (κ2) is 4.33. The lowest BCUT2D eigenvalue weighted by atomic mass is 10.0. The first-order valence-corrected chi connectivity index (χ1v) is 5.63. The average Bonchev–Trinajstić information content (AvgIpc) is 3.04. The molecule has 0 bridgehead atoms. The van der Waals surface area contributed by atoms with Crippen LogP contribution in [-0.2, 0) is 4.79 Å². The fourth-order valence-corrected chi connectivity index (χ4v) is 2.06.